The highest BCUT2D eigenvalue weighted by atomic mass is 16.5. The third-order valence-electron chi connectivity index (χ3n) is 6.85. The van der Waals surface area contributed by atoms with E-state index >= 15 is 0 Å². The Hall–Kier alpha value is -2.77. The van der Waals surface area contributed by atoms with Crippen molar-refractivity contribution in [1.82, 2.24) is 15.1 Å². The highest BCUT2D eigenvalue weighted by Gasteiger charge is 2.35. The molecule has 8 heteroatoms. The van der Waals surface area contributed by atoms with Gasteiger partial charge in [-0.05, 0) is 31.4 Å². The molecule has 1 aromatic carbocycles. The molecule has 1 saturated heterocycles. The summed E-state index contributed by atoms with van der Waals surface area (Å²) < 4.78 is 5.20. The van der Waals surface area contributed by atoms with Gasteiger partial charge in [0.25, 0.3) is 0 Å². The van der Waals surface area contributed by atoms with Gasteiger partial charge in [-0.1, -0.05) is 58.9 Å². The maximum absolute atomic E-state index is 13.4. The first-order chi connectivity index (χ1) is 16.8. The van der Waals surface area contributed by atoms with Gasteiger partial charge in [-0.15, -0.1) is 0 Å². The molecule has 3 atom stereocenters. The number of carbonyl (C=O) groups excluding carboxylic acids is 3. The molecule has 0 bridgehead atoms. The van der Waals surface area contributed by atoms with Gasteiger partial charge in [-0.3, -0.25) is 9.59 Å². The van der Waals surface area contributed by atoms with Crippen molar-refractivity contribution in [3.8, 4) is 5.75 Å². The fourth-order valence-corrected chi connectivity index (χ4v) is 4.44. The summed E-state index contributed by atoms with van der Waals surface area (Å²) in [5.74, 6) is 0.686. The summed E-state index contributed by atoms with van der Waals surface area (Å²) in [7, 11) is 1.57. The fourth-order valence-electron chi connectivity index (χ4n) is 4.44. The van der Waals surface area contributed by atoms with E-state index in [4.69, 9.17) is 4.74 Å². The predicted octanol–water partition coefficient (Wildman–Crippen LogP) is 4.65. The van der Waals surface area contributed by atoms with Crippen LogP contribution < -0.4 is 15.4 Å². The minimum Gasteiger partial charge on any atom is -0.497 e. The van der Waals surface area contributed by atoms with Gasteiger partial charge in [0.1, 0.15) is 11.8 Å². The third-order valence-corrected chi connectivity index (χ3v) is 6.85. The van der Waals surface area contributed by atoms with Crippen LogP contribution in [0.5, 0.6) is 5.75 Å². The lowest BCUT2D eigenvalue weighted by Gasteiger charge is -2.41. The topological polar surface area (TPSA) is 91.0 Å². The first-order valence-corrected chi connectivity index (χ1v) is 13.1. The summed E-state index contributed by atoms with van der Waals surface area (Å²) in [6, 6.07) is 5.97. The molecule has 0 aromatic heterocycles. The van der Waals surface area contributed by atoms with E-state index in [0.717, 1.165) is 19.3 Å². The summed E-state index contributed by atoms with van der Waals surface area (Å²) in [5.41, 5.74) is 0.590. The molecule has 8 nitrogen and oxygen atoms in total. The van der Waals surface area contributed by atoms with Crippen molar-refractivity contribution in [2.75, 3.05) is 32.1 Å². The largest absolute Gasteiger partial charge is 0.497 e. The molecular formula is C27H44N4O4. The van der Waals surface area contributed by atoms with E-state index in [1.165, 1.54) is 19.3 Å². The van der Waals surface area contributed by atoms with Crippen LogP contribution in [0.1, 0.15) is 72.6 Å². The fraction of sp³-hybridized carbons (Fsp3) is 0.667. The monoisotopic (exact) mass is 488 g/mol. The Morgan fingerprint density at radius 2 is 1.86 bits per heavy atom. The molecule has 0 saturated carbocycles. The van der Waals surface area contributed by atoms with Gasteiger partial charge in [0.15, 0.2) is 0 Å². The maximum Gasteiger partial charge on any atom is 0.319 e. The molecule has 1 aliphatic heterocycles. The van der Waals surface area contributed by atoms with Gasteiger partial charge >= 0.3 is 6.03 Å². The van der Waals surface area contributed by atoms with E-state index in [9.17, 15) is 14.4 Å². The average Bonchev–Trinajstić information content (AvgIpc) is 2.86. The molecule has 1 fully saturated rings. The minimum atomic E-state index is -0.640. The zero-order chi connectivity index (χ0) is 25.8. The van der Waals surface area contributed by atoms with Gasteiger partial charge in [-0.2, -0.15) is 0 Å². The van der Waals surface area contributed by atoms with Crippen LogP contribution in [0.25, 0.3) is 0 Å². The number of hydrogen-bond donors (Lipinski definition) is 2. The SMILES string of the molecule is CCCCCCCC(=O)N1CCN(C(=O)C(NC(=O)Nc2cccc(OC)c2)C(C)CC)CC1C. The lowest BCUT2D eigenvalue weighted by molar-refractivity contribution is -0.144. The highest BCUT2D eigenvalue weighted by Crippen LogP contribution is 2.19. The molecule has 0 aliphatic carbocycles. The number of benzene rings is 1. The number of unbranched alkanes of at least 4 members (excludes halogenated alkanes) is 4. The molecule has 0 spiro atoms. The van der Waals surface area contributed by atoms with E-state index in [1.54, 1.807) is 36.3 Å². The molecule has 1 heterocycles. The molecule has 35 heavy (non-hydrogen) atoms. The normalized spacial score (nSPS) is 17.5. The molecule has 196 valence electrons. The molecule has 3 unspecified atom stereocenters. The number of ether oxygens (including phenoxy) is 1. The zero-order valence-electron chi connectivity index (χ0n) is 22.1. The zero-order valence-corrected chi connectivity index (χ0v) is 22.1. The second kappa shape index (κ2) is 14.6. The van der Waals surface area contributed by atoms with Crippen molar-refractivity contribution in [3.05, 3.63) is 24.3 Å². The molecule has 1 aliphatic rings. The van der Waals surface area contributed by atoms with Crippen molar-refractivity contribution in [2.45, 2.75) is 84.7 Å². The number of nitrogens with one attached hydrogen (secondary N) is 2. The third kappa shape index (κ3) is 8.75. The molecule has 4 amide bonds. The number of amides is 4. The van der Waals surface area contributed by atoms with Gasteiger partial charge < -0.3 is 25.2 Å². The van der Waals surface area contributed by atoms with E-state index in [1.807, 2.05) is 25.7 Å². The molecule has 0 radical (unpaired) electrons. The number of urea groups is 1. The van der Waals surface area contributed by atoms with Crippen LogP contribution in [0.15, 0.2) is 24.3 Å². The molecule has 1 aromatic rings. The highest BCUT2D eigenvalue weighted by molar-refractivity contribution is 5.94. The first-order valence-electron chi connectivity index (χ1n) is 13.1. The van der Waals surface area contributed by atoms with Gasteiger partial charge in [0.05, 0.1) is 7.11 Å². The molecule has 2 rings (SSSR count). The smallest absolute Gasteiger partial charge is 0.319 e. The quantitative estimate of drug-likeness (QED) is 0.419. The van der Waals surface area contributed by atoms with Gasteiger partial charge in [0.2, 0.25) is 11.8 Å². The second-order valence-electron chi connectivity index (χ2n) is 9.58. The van der Waals surface area contributed by atoms with Crippen molar-refractivity contribution in [3.63, 3.8) is 0 Å². The van der Waals surface area contributed by atoms with E-state index in [-0.39, 0.29) is 23.8 Å². The summed E-state index contributed by atoms with van der Waals surface area (Å²) in [4.78, 5) is 42.6. The summed E-state index contributed by atoms with van der Waals surface area (Å²) in [6.07, 6.45) is 6.92. The number of rotatable bonds is 12. The van der Waals surface area contributed by atoms with Crippen LogP contribution in [0, 0.1) is 5.92 Å². The van der Waals surface area contributed by atoms with E-state index < -0.39 is 12.1 Å². The standard InChI is InChI=1S/C27H44N4O4/c1-6-8-9-10-11-15-24(32)31-17-16-30(19-21(31)4)26(33)25(20(3)7-2)29-27(34)28-22-13-12-14-23(18-22)35-5/h12-14,18,20-21,25H,6-11,15-17,19H2,1-5H3,(H2,28,29,34). The van der Waals surface area contributed by atoms with Crippen molar-refractivity contribution < 1.29 is 19.1 Å². The lowest BCUT2D eigenvalue weighted by Crippen LogP contribution is -2.60. The van der Waals surface area contributed by atoms with Crippen molar-refractivity contribution >= 4 is 23.5 Å². The second-order valence-corrected chi connectivity index (χ2v) is 9.58. The lowest BCUT2D eigenvalue weighted by atomic mass is 9.97. The van der Waals surface area contributed by atoms with E-state index in [0.29, 0.717) is 37.5 Å². The van der Waals surface area contributed by atoms with Crippen LogP contribution in [0.2, 0.25) is 0 Å². The van der Waals surface area contributed by atoms with Gasteiger partial charge in [0, 0.05) is 43.9 Å². The summed E-state index contributed by atoms with van der Waals surface area (Å²) >= 11 is 0. The molecular weight excluding hydrogens is 444 g/mol. The Kier molecular flexibility index (Phi) is 11.9. The minimum absolute atomic E-state index is 0.0309. The van der Waals surface area contributed by atoms with Crippen LogP contribution in [0.3, 0.4) is 0 Å². The Labute approximate surface area is 210 Å². The van der Waals surface area contributed by atoms with Crippen molar-refractivity contribution in [2.24, 2.45) is 5.92 Å². The predicted molar refractivity (Wildman–Crippen MR) is 140 cm³/mol. The van der Waals surface area contributed by atoms with Crippen LogP contribution in [-0.4, -0.2) is 66.5 Å². The average molecular weight is 489 g/mol. The summed E-state index contributed by atoms with van der Waals surface area (Å²) in [5, 5.41) is 5.67. The number of hydrogen-bond acceptors (Lipinski definition) is 4. The van der Waals surface area contributed by atoms with Crippen LogP contribution in [0.4, 0.5) is 10.5 Å². The van der Waals surface area contributed by atoms with Crippen LogP contribution in [-0.2, 0) is 9.59 Å². The van der Waals surface area contributed by atoms with Crippen LogP contribution >= 0.6 is 0 Å². The first kappa shape index (κ1) is 28.5. The van der Waals surface area contributed by atoms with Gasteiger partial charge in [-0.25, -0.2) is 4.79 Å². The number of piperazine rings is 1. The maximum atomic E-state index is 13.4. The molecule has 2 N–H and O–H groups in total. The number of methoxy groups -OCH3 is 1. The van der Waals surface area contributed by atoms with Crippen molar-refractivity contribution in [1.29, 1.82) is 0 Å². The Morgan fingerprint density at radius 3 is 2.51 bits per heavy atom. The van der Waals surface area contributed by atoms with E-state index in [2.05, 4.69) is 17.6 Å². The summed E-state index contributed by atoms with van der Waals surface area (Å²) in [6.45, 7) is 9.65. The number of nitrogens with zero attached hydrogens (tertiary/aromatic N) is 2. The Morgan fingerprint density at radius 1 is 1.11 bits per heavy atom. The number of carbonyl (C=O) groups is 3. The number of anilines is 1. The Balaban J connectivity index is 1.94. The Bertz CT molecular complexity index is 831.